The van der Waals surface area contributed by atoms with Crippen molar-refractivity contribution >= 4 is 28.3 Å². The number of aromatic nitrogens is 2. The molecule has 0 radical (unpaired) electrons. The number of anilines is 1. The molecule has 1 saturated carbocycles. The SMILES string of the molecule is CCCc1nnc(NC(=O)CCC(=O)NCC2CCC2)s1. The van der Waals surface area contributed by atoms with Crippen molar-refractivity contribution in [2.24, 2.45) is 5.92 Å². The van der Waals surface area contributed by atoms with Crippen LogP contribution < -0.4 is 10.6 Å². The molecule has 116 valence electrons. The molecule has 1 aromatic rings. The molecule has 0 spiro atoms. The zero-order chi connectivity index (χ0) is 15.1. The molecule has 0 unspecified atom stereocenters. The van der Waals surface area contributed by atoms with Crippen LogP contribution in [-0.2, 0) is 16.0 Å². The molecule has 0 bridgehead atoms. The van der Waals surface area contributed by atoms with E-state index in [4.69, 9.17) is 0 Å². The van der Waals surface area contributed by atoms with Gasteiger partial charge >= 0.3 is 0 Å². The number of nitrogens with zero attached hydrogens (tertiary/aromatic N) is 2. The monoisotopic (exact) mass is 310 g/mol. The van der Waals surface area contributed by atoms with Gasteiger partial charge in [0.15, 0.2) is 0 Å². The van der Waals surface area contributed by atoms with Gasteiger partial charge in [-0.2, -0.15) is 0 Å². The van der Waals surface area contributed by atoms with E-state index in [-0.39, 0.29) is 24.7 Å². The van der Waals surface area contributed by atoms with Crippen molar-refractivity contribution in [3.8, 4) is 0 Å². The lowest BCUT2D eigenvalue weighted by molar-refractivity contribution is -0.124. The Bertz CT molecular complexity index is 485. The fourth-order valence-corrected chi connectivity index (χ4v) is 2.93. The van der Waals surface area contributed by atoms with Crippen LogP contribution in [0.5, 0.6) is 0 Å². The van der Waals surface area contributed by atoms with Crippen LogP contribution in [0.15, 0.2) is 0 Å². The van der Waals surface area contributed by atoms with Gasteiger partial charge in [0.1, 0.15) is 5.01 Å². The van der Waals surface area contributed by atoms with E-state index in [0.717, 1.165) is 24.4 Å². The van der Waals surface area contributed by atoms with Crippen molar-refractivity contribution in [2.75, 3.05) is 11.9 Å². The molecule has 2 rings (SSSR count). The fraction of sp³-hybridized carbons (Fsp3) is 0.714. The number of aryl methyl sites for hydroxylation is 1. The summed E-state index contributed by atoms with van der Waals surface area (Å²) in [6.07, 6.45) is 5.96. The van der Waals surface area contributed by atoms with Crippen LogP contribution >= 0.6 is 11.3 Å². The number of carbonyl (C=O) groups is 2. The Hall–Kier alpha value is -1.50. The zero-order valence-electron chi connectivity index (χ0n) is 12.4. The molecular formula is C14H22N4O2S. The van der Waals surface area contributed by atoms with Crippen LogP contribution in [0.3, 0.4) is 0 Å². The molecule has 1 aliphatic rings. The van der Waals surface area contributed by atoms with Gasteiger partial charge in [0.25, 0.3) is 0 Å². The summed E-state index contributed by atoms with van der Waals surface area (Å²) in [5, 5.41) is 14.9. The summed E-state index contributed by atoms with van der Waals surface area (Å²) in [7, 11) is 0. The molecule has 1 heterocycles. The van der Waals surface area contributed by atoms with Gasteiger partial charge in [0.2, 0.25) is 16.9 Å². The molecule has 1 aliphatic carbocycles. The molecule has 7 heteroatoms. The van der Waals surface area contributed by atoms with E-state index in [0.29, 0.717) is 11.0 Å². The zero-order valence-corrected chi connectivity index (χ0v) is 13.2. The summed E-state index contributed by atoms with van der Waals surface area (Å²) >= 11 is 1.39. The van der Waals surface area contributed by atoms with E-state index in [9.17, 15) is 9.59 Å². The molecule has 2 amide bonds. The molecule has 0 aliphatic heterocycles. The molecule has 0 aromatic carbocycles. The van der Waals surface area contributed by atoms with Gasteiger partial charge in [-0.15, -0.1) is 10.2 Å². The third kappa shape index (κ3) is 5.41. The van der Waals surface area contributed by atoms with Crippen LogP contribution in [0.25, 0.3) is 0 Å². The maximum Gasteiger partial charge on any atom is 0.226 e. The van der Waals surface area contributed by atoms with Crippen LogP contribution in [-0.4, -0.2) is 28.6 Å². The highest BCUT2D eigenvalue weighted by Gasteiger charge is 2.18. The van der Waals surface area contributed by atoms with Crippen LogP contribution in [0, 0.1) is 5.92 Å². The third-order valence-corrected chi connectivity index (χ3v) is 4.47. The largest absolute Gasteiger partial charge is 0.356 e. The lowest BCUT2D eigenvalue weighted by atomic mass is 9.85. The van der Waals surface area contributed by atoms with Gasteiger partial charge < -0.3 is 10.6 Å². The maximum atomic E-state index is 11.7. The number of amides is 2. The lowest BCUT2D eigenvalue weighted by Crippen LogP contribution is -2.32. The van der Waals surface area contributed by atoms with E-state index in [2.05, 4.69) is 27.8 Å². The second-order valence-corrected chi connectivity index (χ2v) is 6.46. The average molecular weight is 310 g/mol. The number of carbonyl (C=O) groups excluding carboxylic acids is 2. The van der Waals surface area contributed by atoms with Gasteiger partial charge in [-0.25, -0.2) is 0 Å². The Balaban J connectivity index is 1.62. The van der Waals surface area contributed by atoms with E-state index >= 15 is 0 Å². The lowest BCUT2D eigenvalue weighted by Gasteiger charge is -2.25. The average Bonchev–Trinajstić information content (AvgIpc) is 2.82. The summed E-state index contributed by atoms with van der Waals surface area (Å²) in [4.78, 5) is 23.4. The molecule has 0 atom stereocenters. The molecule has 6 nitrogen and oxygen atoms in total. The minimum absolute atomic E-state index is 0.0546. The molecule has 0 saturated heterocycles. The highest BCUT2D eigenvalue weighted by Crippen LogP contribution is 2.25. The first kappa shape index (κ1) is 15.9. The molecule has 1 aromatic heterocycles. The van der Waals surface area contributed by atoms with Gasteiger partial charge in [-0.05, 0) is 25.2 Å². The third-order valence-electron chi connectivity index (χ3n) is 3.57. The highest BCUT2D eigenvalue weighted by molar-refractivity contribution is 7.15. The van der Waals surface area contributed by atoms with Crippen molar-refractivity contribution in [1.29, 1.82) is 0 Å². The maximum absolute atomic E-state index is 11.7. The van der Waals surface area contributed by atoms with Crippen molar-refractivity contribution in [1.82, 2.24) is 15.5 Å². The first-order valence-electron chi connectivity index (χ1n) is 7.56. The summed E-state index contributed by atoms with van der Waals surface area (Å²) in [6.45, 7) is 2.82. The summed E-state index contributed by atoms with van der Waals surface area (Å²) in [6, 6.07) is 0. The van der Waals surface area contributed by atoms with E-state index in [1.165, 1.54) is 30.6 Å². The van der Waals surface area contributed by atoms with Crippen LogP contribution in [0.1, 0.15) is 50.5 Å². The van der Waals surface area contributed by atoms with Crippen LogP contribution in [0.4, 0.5) is 5.13 Å². The second-order valence-electron chi connectivity index (χ2n) is 5.40. The number of nitrogens with one attached hydrogen (secondary N) is 2. The Kier molecular flexibility index (Phi) is 6.10. The van der Waals surface area contributed by atoms with Crippen molar-refractivity contribution in [2.45, 2.75) is 51.9 Å². The standard InChI is InChI=1S/C14H22N4O2S/c1-2-4-13-17-18-14(21-13)16-12(20)8-7-11(19)15-9-10-5-3-6-10/h10H,2-9H2,1H3,(H,15,19)(H,16,18,20). The van der Waals surface area contributed by atoms with E-state index in [1.807, 2.05) is 0 Å². The second kappa shape index (κ2) is 8.07. The summed E-state index contributed by atoms with van der Waals surface area (Å²) < 4.78 is 0. The first-order valence-corrected chi connectivity index (χ1v) is 8.38. The first-order chi connectivity index (χ1) is 10.2. The Morgan fingerprint density at radius 3 is 2.67 bits per heavy atom. The molecule has 21 heavy (non-hydrogen) atoms. The van der Waals surface area contributed by atoms with Crippen molar-refractivity contribution in [3.63, 3.8) is 0 Å². The van der Waals surface area contributed by atoms with Gasteiger partial charge in [0.05, 0.1) is 0 Å². The fourth-order valence-electron chi connectivity index (χ4n) is 2.07. The van der Waals surface area contributed by atoms with Crippen molar-refractivity contribution in [3.05, 3.63) is 5.01 Å². The normalized spacial score (nSPS) is 14.5. The number of hydrogen-bond donors (Lipinski definition) is 2. The van der Waals surface area contributed by atoms with Gasteiger partial charge in [-0.1, -0.05) is 24.7 Å². The van der Waals surface area contributed by atoms with E-state index < -0.39 is 0 Å². The minimum atomic E-state index is -0.187. The Morgan fingerprint density at radius 2 is 2.00 bits per heavy atom. The highest BCUT2D eigenvalue weighted by atomic mass is 32.1. The molecular weight excluding hydrogens is 288 g/mol. The van der Waals surface area contributed by atoms with Crippen LogP contribution in [0.2, 0.25) is 0 Å². The predicted octanol–water partition coefficient (Wildman–Crippen LogP) is 2.13. The Morgan fingerprint density at radius 1 is 1.24 bits per heavy atom. The minimum Gasteiger partial charge on any atom is -0.356 e. The molecule has 1 fully saturated rings. The number of rotatable bonds is 8. The molecule has 2 N–H and O–H groups in total. The predicted molar refractivity (Wildman–Crippen MR) is 82.1 cm³/mol. The van der Waals surface area contributed by atoms with E-state index in [1.54, 1.807) is 0 Å². The van der Waals surface area contributed by atoms with Gasteiger partial charge in [0, 0.05) is 25.8 Å². The van der Waals surface area contributed by atoms with Gasteiger partial charge in [-0.3, -0.25) is 9.59 Å². The Labute approximate surface area is 128 Å². The summed E-state index contributed by atoms with van der Waals surface area (Å²) in [5.41, 5.74) is 0. The smallest absolute Gasteiger partial charge is 0.226 e. The quantitative estimate of drug-likeness (QED) is 0.770. The van der Waals surface area contributed by atoms with Crippen molar-refractivity contribution < 1.29 is 9.59 Å². The topological polar surface area (TPSA) is 84.0 Å². The summed E-state index contributed by atoms with van der Waals surface area (Å²) in [5.74, 6) is 0.398. The number of hydrogen-bond acceptors (Lipinski definition) is 5.